The molecular formula is C24H28ClN3O6S. The minimum absolute atomic E-state index is 0.0273. The number of esters is 1. The number of anilines is 2. The number of nitrogens with zero attached hydrogens (tertiary/aromatic N) is 2. The fraction of sp³-hybridized carbons (Fsp3) is 0.417. The van der Waals surface area contributed by atoms with Crippen molar-refractivity contribution in [1.29, 1.82) is 0 Å². The van der Waals surface area contributed by atoms with Crippen LogP contribution in [0.4, 0.5) is 11.4 Å². The zero-order valence-electron chi connectivity index (χ0n) is 19.2. The van der Waals surface area contributed by atoms with Crippen molar-refractivity contribution in [2.75, 3.05) is 56.2 Å². The van der Waals surface area contributed by atoms with Gasteiger partial charge in [-0.15, -0.1) is 0 Å². The number of nitrogens with one attached hydrogen (secondary N) is 1. The Labute approximate surface area is 210 Å². The number of sulfonamides is 1. The van der Waals surface area contributed by atoms with E-state index in [-0.39, 0.29) is 15.5 Å². The van der Waals surface area contributed by atoms with Gasteiger partial charge >= 0.3 is 5.97 Å². The van der Waals surface area contributed by atoms with Gasteiger partial charge in [0.15, 0.2) is 6.61 Å². The van der Waals surface area contributed by atoms with Crippen LogP contribution < -0.4 is 10.2 Å². The van der Waals surface area contributed by atoms with Gasteiger partial charge in [0.1, 0.15) is 0 Å². The lowest BCUT2D eigenvalue weighted by molar-refractivity contribution is -0.119. The number of ether oxygens (including phenoxy) is 2. The molecule has 2 aromatic carbocycles. The molecule has 4 rings (SSSR count). The van der Waals surface area contributed by atoms with E-state index in [1.807, 2.05) is 12.1 Å². The second-order valence-electron chi connectivity index (χ2n) is 8.38. The zero-order chi connectivity index (χ0) is 24.8. The summed E-state index contributed by atoms with van der Waals surface area (Å²) in [5.74, 6) is -1.39. The van der Waals surface area contributed by atoms with Crippen LogP contribution >= 0.6 is 11.6 Å². The standard InChI is InChI=1S/C24H28ClN3O6S/c25-22-9-8-20(35(31,32)28-10-2-1-3-11-28)16-21(22)24(30)34-17-23(29)26-18-4-6-19(7-5-18)27-12-14-33-15-13-27/h4-9,16H,1-3,10-15,17H2,(H,26,29). The molecule has 0 radical (unpaired) electrons. The van der Waals surface area contributed by atoms with E-state index >= 15 is 0 Å². The Morgan fingerprint density at radius 2 is 1.66 bits per heavy atom. The maximum absolute atomic E-state index is 12.9. The van der Waals surface area contributed by atoms with Crippen LogP contribution in [0.2, 0.25) is 5.02 Å². The molecule has 35 heavy (non-hydrogen) atoms. The van der Waals surface area contributed by atoms with Gasteiger partial charge in [-0.05, 0) is 55.3 Å². The number of halogens is 1. The third-order valence-electron chi connectivity index (χ3n) is 5.97. The molecular weight excluding hydrogens is 494 g/mol. The SMILES string of the molecule is O=C(COC(=O)c1cc(S(=O)(=O)N2CCCCC2)ccc1Cl)Nc1ccc(N2CCOCC2)cc1. The summed E-state index contributed by atoms with van der Waals surface area (Å²) in [7, 11) is -3.74. The smallest absolute Gasteiger partial charge is 0.340 e. The molecule has 2 aliphatic heterocycles. The largest absolute Gasteiger partial charge is 0.452 e. The van der Waals surface area contributed by atoms with Crippen molar-refractivity contribution in [3.05, 3.63) is 53.1 Å². The van der Waals surface area contributed by atoms with Gasteiger partial charge in [-0.2, -0.15) is 4.31 Å². The molecule has 1 N–H and O–H groups in total. The van der Waals surface area contributed by atoms with Gasteiger partial charge in [-0.3, -0.25) is 4.79 Å². The van der Waals surface area contributed by atoms with Crippen LogP contribution in [0.3, 0.4) is 0 Å². The van der Waals surface area contributed by atoms with E-state index < -0.39 is 28.5 Å². The molecule has 188 valence electrons. The monoisotopic (exact) mass is 521 g/mol. The second kappa shape index (κ2) is 11.4. The lowest BCUT2D eigenvalue weighted by atomic mass is 10.2. The fourth-order valence-corrected chi connectivity index (χ4v) is 5.80. The van der Waals surface area contributed by atoms with E-state index in [0.717, 1.165) is 38.0 Å². The predicted octanol–water partition coefficient (Wildman–Crippen LogP) is 3.15. The first-order chi connectivity index (χ1) is 16.8. The summed E-state index contributed by atoms with van der Waals surface area (Å²) in [6.07, 6.45) is 2.59. The lowest BCUT2D eigenvalue weighted by Crippen LogP contribution is -2.36. The zero-order valence-corrected chi connectivity index (χ0v) is 20.8. The van der Waals surface area contributed by atoms with E-state index in [0.29, 0.717) is 32.0 Å². The Bertz CT molecular complexity index is 1160. The third-order valence-corrected chi connectivity index (χ3v) is 8.20. The van der Waals surface area contributed by atoms with Crippen molar-refractivity contribution in [2.45, 2.75) is 24.2 Å². The molecule has 2 saturated heterocycles. The van der Waals surface area contributed by atoms with Gasteiger partial charge in [-0.1, -0.05) is 18.0 Å². The van der Waals surface area contributed by atoms with Crippen LogP contribution in [0.25, 0.3) is 0 Å². The van der Waals surface area contributed by atoms with Crippen molar-refractivity contribution >= 4 is 44.9 Å². The van der Waals surface area contributed by atoms with Crippen LogP contribution in [0.15, 0.2) is 47.4 Å². The molecule has 2 heterocycles. The van der Waals surface area contributed by atoms with Crippen molar-refractivity contribution in [1.82, 2.24) is 4.31 Å². The number of rotatable bonds is 7. The average Bonchev–Trinajstić information content (AvgIpc) is 2.89. The van der Waals surface area contributed by atoms with Crippen LogP contribution in [0.5, 0.6) is 0 Å². The van der Waals surface area contributed by atoms with E-state index in [1.54, 1.807) is 12.1 Å². The number of hydrogen-bond donors (Lipinski definition) is 1. The first kappa shape index (κ1) is 25.4. The number of morpholine rings is 1. The molecule has 9 nitrogen and oxygen atoms in total. The topological polar surface area (TPSA) is 105 Å². The van der Waals surface area contributed by atoms with Crippen LogP contribution in [0.1, 0.15) is 29.6 Å². The summed E-state index contributed by atoms with van der Waals surface area (Å²) in [4.78, 5) is 27.1. The van der Waals surface area contributed by atoms with Gasteiger partial charge in [0, 0.05) is 37.6 Å². The molecule has 2 aliphatic rings. The molecule has 0 saturated carbocycles. The Hall–Kier alpha value is -2.66. The first-order valence-corrected chi connectivity index (χ1v) is 13.4. The van der Waals surface area contributed by atoms with Crippen molar-refractivity contribution in [2.24, 2.45) is 0 Å². The first-order valence-electron chi connectivity index (χ1n) is 11.5. The molecule has 0 unspecified atom stereocenters. The molecule has 2 aromatic rings. The second-order valence-corrected chi connectivity index (χ2v) is 10.7. The summed E-state index contributed by atoms with van der Waals surface area (Å²) in [5, 5.41) is 2.73. The minimum Gasteiger partial charge on any atom is -0.452 e. The molecule has 0 bridgehead atoms. The number of amides is 1. The van der Waals surface area contributed by atoms with Crippen molar-refractivity contribution in [3.63, 3.8) is 0 Å². The minimum atomic E-state index is -3.74. The van der Waals surface area contributed by atoms with Crippen molar-refractivity contribution in [3.8, 4) is 0 Å². The Balaban J connectivity index is 1.34. The van der Waals surface area contributed by atoms with E-state index in [4.69, 9.17) is 21.1 Å². The molecule has 2 fully saturated rings. The highest BCUT2D eigenvalue weighted by molar-refractivity contribution is 7.89. The van der Waals surface area contributed by atoms with E-state index in [9.17, 15) is 18.0 Å². The summed E-state index contributed by atoms with van der Waals surface area (Å²) >= 11 is 6.13. The molecule has 11 heteroatoms. The molecule has 0 aromatic heterocycles. The summed E-state index contributed by atoms with van der Waals surface area (Å²) in [6, 6.07) is 11.3. The normalized spacial score (nSPS) is 17.1. The van der Waals surface area contributed by atoms with Crippen molar-refractivity contribution < 1.29 is 27.5 Å². The van der Waals surface area contributed by atoms with Gasteiger partial charge in [0.05, 0.1) is 28.7 Å². The highest BCUT2D eigenvalue weighted by Crippen LogP contribution is 2.26. The maximum atomic E-state index is 12.9. The highest BCUT2D eigenvalue weighted by Gasteiger charge is 2.27. The van der Waals surface area contributed by atoms with E-state index in [1.165, 1.54) is 22.5 Å². The lowest BCUT2D eigenvalue weighted by Gasteiger charge is -2.28. The molecule has 0 atom stereocenters. The van der Waals surface area contributed by atoms with Gasteiger partial charge in [0.25, 0.3) is 5.91 Å². The number of benzene rings is 2. The molecule has 0 aliphatic carbocycles. The summed E-state index contributed by atoms with van der Waals surface area (Å²) in [5.41, 5.74) is 1.50. The molecule has 1 amide bonds. The quantitative estimate of drug-likeness (QED) is 0.558. The molecule has 0 spiro atoms. The Morgan fingerprint density at radius 3 is 2.34 bits per heavy atom. The summed E-state index contributed by atoms with van der Waals surface area (Å²) in [6.45, 7) is 3.33. The number of carbonyl (C=O) groups is 2. The van der Waals surface area contributed by atoms with Gasteiger partial charge < -0.3 is 19.7 Å². The Kier molecular flexibility index (Phi) is 8.27. The van der Waals surface area contributed by atoms with Crippen LogP contribution in [0, 0.1) is 0 Å². The van der Waals surface area contributed by atoms with E-state index in [2.05, 4.69) is 10.2 Å². The predicted molar refractivity (Wildman–Crippen MR) is 132 cm³/mol. The number of carbonyl (C=O) groups excluding carboxylic acids is 2. The highest BCUT2D eigenvalue weighted by atomic mass is 35.5. The van der Waals surface area contributed by atoms with Crippen LogP contribution in [-0.2, 0) is 24.3 Å². The maximum Gasteiger partial charge on any atom is 0.340 e. The van der Waals surface area contributed by atoms with Crippen LogP contribution in [-0.4, -0.2) is 70.6 Å². The van der Waals surface area contributed by atoms with Gasteiger partial charge in [0.2, 0.25) is 10.0 Å². The summed E-state index contributed by atoms with van der Waals surface area (Å²) < 4.78 is 37.7. The number of hydrogen-bond acceptors (Lipinski definition) is 7. The average molecular weight is 522 g/mol. The Morgan fingerprint density at radius 1 is 0.971 bits per heavy atom. The third kappa shape index (κ3) is 6.32. The fourth-order valence-electron chi connectivity index (χ4n) is 4.06. The number of piperidine rings is 1. The van der Waals surface area contributed by atoms with Gasteiger partial charge in [-0.25, -0.2) is 13.2 Å².